The Morgan fingerprint density at radius 3 is 2.46 bits per heavy atom. The molecule has 4 fully saturated rings. The predicted octanol–water partition coefficient (Wildman–Crippen LogP) is 3.33. The second kappa shape index (κ2) is 4.51. The fourth-order valence-electron chi connectivity index (χ4n) is 7.42. The lowest BCUT2D eigenvalue weighted by Gasteiger charge is -2.63. The number of ketones is 1. The molecule has 2 bridgehead atoms. The minimum atomic E-state index is -1.21. The van der Waals surface area contributed by atoms with Gasteiger partial charge in [-0.25, -0.2) is 0 Å². The van der Waals surface area contributed by atoms with Crippen molar-refractivity contribution in [3.05, 3.63) is 12.2 Å². The van der Waals surface area contributed by atoms with Gasteiger partial charge in [0.1, 0.15) is 5.60 Å². The number of rotatable bonds is 1. The van der Waals surface area contributed by atoms with Gasteiger partial charge < -0.3 is 10.2 Å². The lowest BCUT2D eigenvalue weighted by molar-refractivity contribution is -0.183. The molecule has 4 rings (SSSR count). The van der Waals surface area contributed by atoms with Crippen molar-refractivity contribution < 1.29 is 19.8 Å². The van der Waals surface area contributed by atoms with E-state index in [2.05, 4.69) is 13.5 Å². The van der Waals surface area contributed by atoms with Crippen LogP contribution in [0.1, 0.15) is 65.2 Å². The van der Waals surface area contributed by atoms with Crippen LogP contribution < -0.4 is 0 Å². The number of hydrogen-bond donors (Lipinski definition) is 2. The van der Waals surface area contributed by atoms with Crippen LogP contribution in [0.4, 0.5) is 0 Å². The molecule has 0 radical (unpaired) electrons. The van der Waals surface area contributed by atoms with E-state index in [1.807, 2.05) is 6.92 Å². The molecule has 24 heavy (non-hydrogen) atoms. The second-order valence-corrected chi connectivity index (χ2v) is 9.44. The summed E-state index contributed by atoms with van der Waals surface area (Å²) in [6.07, 6.45) is 6.12. The first kappa shape index (κ1) is 16.3. The van der Waals surface area contributed by atoms with Crippen LogP contribution in [0.25, 0.3) is 0 Å². The van der Waals surface area contributed by atoms with E-state index in [9.17, 15) is 19.8 Å². The van der Waals surface area contributed by atoms with Gasteiger partial charge in [-0.3, -0.25) is 9.59 Å². The average Bonchev–Trinajstić information content (AvgIpc) is 2.64. The highest BCUT2D eigenvalue weighted by molar-refractivity contribution is 6.05. The maximum atomic E-state index is 12.6. The number of hydrogen-bond acceptors (Lipinski definition) is 3. The molecule has 1 spiro atoms. The van der Waals surface area contributed by atoms with Crippen LogP contribution in [-0.2, 0) is 9.59 Å². The Bertz CT molecular complexity index is 654. The topological polar surface area (TPSA) is 74.6 Å². The minimum Gasteiger partial charge on any atom is -0.481 e. The number of carbonyl (C=O) groups excluding carboxylic acids is 1. The van der Waals surface area contributed by atoms with E-state index in [4.69, 9.17) is 0 Å². The van der Waals surface area contributed by atoms with Gasteiger partial charge in [0, 0.05) is 5.41 Å². The first-order chi connectivity index (χ1) is 11.1. The Balaban J connectivity index is 1.80. The molecule has 0 amide bonds. The van der Waals surface area contributed by atoms with Crippen molar-refractivity contribution in [1.29, 1.82) is 0 Å². The van der Waals surface area contributed by atoms with Crippen LogP contribution in [0.15, 0.2) is 12.2 Å². The maximum Gasteiger partial charge on any atom is 0.309 e. The van der Waals surface area contributed by atoms with Gasteiger partial charge in [-0.2, -0.15) is 0 Å². The fourth-order valence-corrected chi connectivity index (χ4v) is 7.42. The zero-order chi connectivity index (χ0) is 17.5. The Hall–Kier alpha value is -1.16. The molecule has 0 aromatic carbocycles. The van der Waals surface area contributed by atoms with Crippen molar-refractivity contribution in [3.8, 4) is 0 Å². The summed E-state index contributed by atoms with van der Waals surface area (Å²) in [6.45, 7) is 8.29. The van der Waals surface area contributed by atoms with Crippen molar-refractivity contribution >= 4 is 11.8 Å². The van der Waals surface area contributed by atoms with E-state index in [-0.39, 0.29) is 28.4 Å². The Kier molecular flexibility index (Phi) is 3.07. The quantitative estimate of drug-likeness (QED) is 0.722. The van der Waals surface area contributed by atoms with Gasteiger partial charge in [0.05, 0.1) is 5.41 Å². The molecule has 0 aromatic rings. The van der Waals surface area contributed by atoms with Gasteiger partial charge in [-0.15, -0.1) is 0 Å². The average molecular weight is 332 g/mol. The largest absolute Gasteiger partial charge is 0.481 e. The highest BCUT2D eigenvalue weighted by Gasteiger charge is 2.70. The number of Topliss-reactive ketones (excluding diaryl/α,β-unsaturated/α-hetero) is 1. The van der Waals surface area contributed by atoms with Gasteiger partial charge in [0.25, 0.3) is 0 Å². The summed E-state index contributed by atoms with van der Waals surface area (Å²) >= 11 is 0. The molecule has 4 nitrogen and oxygen atoms in total. The number of fused-ring (bicyclic) bond motifs is 3. The van der Waals surface area contributed by atoms with Gasteiger partial charge in [-0.05, 0) is 74.7 Å². The van der Waals surface area contributed by atoms with Gasteiger partial charge in [0.2, 0.25) is 0 Å². The molecule has 4 saturated carbocycles. The first-order valence-corrected chi connectivity index (χ1v) is 9.30. The van der Waals surface area contributed by atoms with Crippen molar-refractivity contribution in [2.75, 3.05) is 0 Å². The van der Waals surface area contributed by atoms with E-state index in [0.717, 1.165) is 38.5 Å². The molecule has 1 unspecified atom stereocenters. The highest BCUT2D eigenvalue weighted by atomic mass is 16.4. The minimum absolute atomic E-state index is 0.0848. The van der Waals surface area contributed by atoms with E-state index in [1.54, 1.807) is 0 Å². The van der Waals surface area contributed by atoms with E-state index >= 15 is 0 Å². The van der Waals surface area contributed by atoms with E-state index < -0.39 is 17.0 Å². The van der Waals surface area contributed by atoms with Crippen LogP contribution in [0, 0.1) is 28.1 Å². The van der Waals surface area contributed by atoms with E-state index in [0.29, 0.717) is 18.4 Å². The molecule has 4 heteroatoms. The van der Waals surface area contributed by atoms with Crippen LogP contribution >= 0.6 is 0 Å². The Morgan fingerprint density at radius 2 is 1.79 bits per heavy atom. The molecule has 2 N–H and O–H groups in total. The molecule has 0 heterocycles. The summed E-state index contributed by atoms with van der Waals surface area (Å²) < 4.78 is 0. The second-order valence-electron chi connectivity index (χ2n) is 9.44. The molecule has 0 saturated heterocycles. The normalized spacial score (nSPS) is 53.5. The van der Waals surface area contributed by atoms with Crippen molar-refractivity contribution in [2.24, 2.45) is 28.1 Å². The summed E-state index contributed by atoms with van der Waals surface area (Å²) in [7, 11) is 0. The number of carboxylic acids is 1. The third-order valence-corrected chi connectivity index (χ3v) is 8.56. The lowest BCUT2D eigenvalue weighted by atomic mass is 9.40. The number of carbonyl (C=O) groups is 2. The molecular formula is C20H28O4. The maximum absolute atomic E-state index is 12.6. The summed E-state index contributed by atoms with van der Waals surface area (Å²) in [6, 6.07) is 0. The number of aliphatic carboxylic acids is 1. The summed E-state index contributed by atoms with van der Waals surface area (Å²) in [4.78, 5) is 24.7. The van der Waals surface area contributed by atoms with Crippen molar-refractivity contribution in [3.63, 3.8) is 0 Å². The molecule has 6 atom stereocenters. The summed E-state index contributed by atoms with van der Waals surface area (Å²) in [5, 5.41) is 20.7. The Labute approximate surface area is 143 Å². The Morgan fingerprint density at radius 1 is 1.12 bits per heavy atom. The van der Waals surface area contributed by atoms with Crippen LogP contribution in [0.2, 0.25) is 0 Å². The zero-order valence-corrected chi connectivity index (χ0v) is 14.7. The zero-order valence-electron chi connectivity index (χ0n) is 14.7. The molecule has 0 aromatic heterocycles. The SMILES string of the molecule is C=C1C(=O)[C@@]2(O)CC[C@@H]3[C@@]1(CCC1[C@](C)(C(=O)O)CCC[C@]13C)C2. The molecule has 4 aliphatic rings. The number of aliphatic hydroxyl groups is 1. The number of carboxylic acid groups (broad SMARTS) is 1. The third kappa shape index (κ3) is 1.63. The lowest BCUT2D eigenvalue weighted by Crippen LogP contribution is -2.59. The summed E-state index contributed by atoms with van der Waals surface area (Å²) in [5.41, 5.74) is -1.65. The van der Waals surface area contributed by atoms with Crippen LogP contribution in [0.3, 0.4) is 0 Å². The molecular weight excluding hydrogens is 304 g/mol. The van der Waals surface area contributed by atoms with Crippen LogP contribution in [-0.4, -0.2) is 27.6 Å². The van der Waals surface area contributed by atoms with Crippen molar-refractivity contribution in [1.82, 2.24) is 0 Å². The van der Waals surface area contributed by atoms with Gasteiger partial charge in [-0.1, -0.05) is 19.9 Å². The molecule has 132 valence electrons. The summed E-state index contributed by atoms with van der Waals surface area (Å²) in [5.74, 6) is -0.421. The molecule has 0 aliphatic heterocycles. The van der Waals surface area contributed by atoms with Gasteiger partial charge >= 0.3 is 5.97 Å². The highest BCUT2D eigenvalue weighted by Crippen LogP contribution is 2.72. The van der Waals surface area contributed by atoms with Gasteiger partial charge in [0.15, 0.2) is 5.78 Å². The van der Waals surface area contributed by atoms with E-state index in [1.165, 1.54) is 0 Å². The predicted molar refractivity (Wildman–Crippen MR) is 89.3 cm³/mol. The standard InChI is InChI=1S/C20H28O4/c1-12-15(21)20(24)10-6-14-17(2)7-4-8-18(3,16(22)23)13(17)5-9-19(12,14)11-20/h13-14,24H,1,4-11H2,2-3H3,(H,22,23)/t13?,14-,17+,18+,19-,20+/m0/s1. The van der Waals surface area contributed by atoms with Crippen LogP contribution in [0.5, 0.6) is 0 Å². The first-order valence-electron chi connectivity index (χ1n) is 9.30. The fraction of sp³-hybridized carbons (Fsp3) is 0.800. The van der Waals surface area contributed by atoms with Crippen molar-refractivity contribution in [2.45, 2.75) is 70.8 Å². The monoisotopic (exact) mass is 332 g/mol. The molecule has 4 aliphatic carbocycles. The smallest absolute Gasteiger partial charge is 0.309 e. The third-order valence-electron chi connectivity index (χ3n) is 8.56.